The zero-order chi connectivity index (χ0) is 17.4. The molecule has 2 aromatic rings. The second-order valence-electron chi connectivity index (χ2n) is 5.27. The van der Waals surface area contributed by atoms with Crippen molar-refractivity contribution in [3.05, 3.63) is 59.2 Å². The van der Waals surface area contributed by atoms with E-state index in [1.807, 2.05) is 38.1 Å². The summed E-state index contributed by atoms with van der Waals surface area (Å²) in [5.74, 6) is 1.66. The summed E-state index contributed by atoms with van der Waals surface area (Å²) >= 11 is 0. The molecule has 0 bridgehead atoms. The van der Waals surface area contributed by atoms with E-state index in [0.717, 1.165) is 29.2 Å². The van der Waals surface area contributed by atoms with Crippen molar-refractivity contribution < 1.29 is 9.63 Å². The smallest absolute Gasteiger partial charge is 0.253 e. The number of oxime groups is 1. The lowest BCUT2D eigenvalue weighted by molar-refractivity contribution is 0.105. The maximum absolute atomic E-state index is 11.4. The van der Waals surface area contributed by atoms with Gasteiger partial charge in [-0.3, -0.25) is 9.78 Å². The summed E-state index contributed by atoms with van der Waals surface area (Å²) in [6, 6.07) is 11.0. The van der Waals surface area contributed by atoms with Crippen LogP contribution in [0, 0.1) is 19.3 Å². The van der Waals surface area contributed by atoms with E-state index < -0.39 is 5.78 Å². The van der Waals surface area contributed by atoms with Crippen molar-refractivity contribution in [2.75, 3.05) is 6.61 Å². The fourth-order valence-corrected chi connectivity index (χ4v) is 2.07. The molecule has 24 heavy (non-hydrogen) atoms. The van der Waals surface area contributed by atoms with Crippen LogP contribution in [-0.4, -0.2) is 28.1 Å². The number of aryl methyl sites for hydroxylation is 2. The molecule has 2 aromatic heterocycles. The molecule has 0 aliphatic heterocycles. The summed E-state index contributed by atoms with van der Waals surface area (Å²) in [7, 11) is 0. The Hall–Kier alpha value is -3.00. The van der Waals surface area contributed by atoms with Crippen LogP contribution in [0.1, 0.15) is 40.9 Å². The highest BCUT2D eigenvalue weighted by Gasteiger charge is 2.05. The van der Waals surface area contributed by atoms with Gasteiger partial charge in [-0.2, -0.15) is 0 Å². The Morgan fingerprint density at radius 1 is 1.21 bits per heavy atom. The van der Waals surface area contributed by atoms with E-state index in [-0.39, 0.29) is 0 Å². The first kappa shape index (κ1) is 17.4. The first-order valence-electron chi connectivity index (χ1n) is 7.67. The Bertz CT molecular complexity index is 791. The highest BCUT2D eigenvalue weighted by atomic mass is 16.6. The van der Waals surface area contributed by atoms with Gasteiger partial charge in [0.15, 0.2) is 0 Å². The molecule has 5 heteroatoms. The average Bonchev–Trinajstić information content (AvgIpc) is 2.60. The minimum Gasteiger partial charge on any atom is -0.396 e. The number of hydrogen-bond acceptors (Lipinski definition) is 5. The number of terminal acetylenes is 1. The Balaban J connectivity index is 1.82. The minimum atomic E-state index is -0.404. The van der Waals surface area contributed by atoms with E-state index in [0.29, 0.717) is 18.7 Å². The number of nitrogens with zero attached hydrogens (tertiary/aromatic N) is 3. The van der Waals surface area contributed by atoms with Crippen LogP contribution in [0.3, 0.4) is 0 Å². The van der Waals surface area contributed by atoms with Crippen LogP contribution in [-0.2, 0) is 11.3 Å². The van der Waals surface area contributed by atoms with E-state index in [1.54, 1.807) is 12.1 Å². The van der Waals surface area contributed by atoms with Crippen LogP contribution in [0.15, 0.2) is 41.6 Å². The third kappa shape index (κ3) is 5.03. The van der Waals surface area contributed by atoms with Crippen molar-refractivity contribution in [1.82, 2.24) is 9.97 Å². The molecule has 0 radical (unpaired) electrons. The van der Waals surface area contributed by atoms with E-state index in [1.165, 1.54) is 0 Å². The van der Waals surface area contributed by atoms with Crippen LogP contribution in [0.5, 0.6) is 0 Å². The van der Waals surface area contributed by atoms with Gasteiger partial charge in [0.25, 0.3) is 5.78 Å². The van der Waals surface area contributed by atoms with Gasteiger partial charge in [-0.1, -0.05) is 17.3 Å². The highest BCUT2D eigenvalue weighted by molar-refractivity contribution is 6.07. The molecule has 2 rings (SSSR count). The number of hydrogen-bond donors (Lipinski definition) is 0. The van der Waals surface area contributed by atoms with Crippen molar-refractivity contribution in [3.63, 3.8) is 0 Å². The molecule has 0 aliphatic carbocycles. The predicted octanol–water partition coefficient (Wildman–Crippen LogP) is 2.97. The quantitative estimate of drug-likeness (QED) is 0.196. The molecule has 2 heterocycles. The summed E-state index contributed by atoms with van der Waals surface area (Å²) in [6.07, 6.45) is 6.52. The average molecular weight is 321 g/mol. The standard InChI is InChI=1S/C19H19N3O2/c1-4-19(23)18-12-6-9-16(21-18)10-7-13-24-22-15(3)17-11-5-8-14(2)20-17/h1,5-6,8-9,11-12H,7,10,13H2,2-3H3. The summed E-state index contributed by atoms with van der Waals surface area (Å²) in [6.45, 7) is 4.25. The van der Waals surface area contributed by atoms with Gasteiger partial charge in [-0.15, -0.1) is 6.42 Å². The third-order valence-electron chi connectivity index (χ3n) is 3.30. The van der Waals surface area contributed by atoms with Gasteiger partial charge >= 0.3 is 0 Å². The van der Waals surface area contributed by atoms with Crippen molar-refractivity contribution in [3.8, 4) is 12.3 Å². The van der Waals surface area contributed by atoms with Crippen LogP contribution in [0.4, 0.5) is 0 Å². The van der Waals surface area contributed by atoms with Crippen LogP contribution in [0.2, 0.25) is 0 Å². The first-order chi connectivity index (χ1) is 11.6. The van der Waals surface area contributed by atoms with Gasteiger partial charge in [0.1, 0.15) is 18.0 Å². The Kier molecular flexibility index (Phi) is 6.21. The van der Waals surface area contributed by atoms with Gasteiger partial charge in [-0.25, -0.2) is 4.98 Å². The molecule has 0 amide bonds. The second kappa shape index (κ2) is 8.59. The SMILES string of the molecule is C#CC(=O)c1cccc(CCCON=C(C)c2cccc(C)n2)n1. The number of Topliss-reactive ketones (excluding diaryl/α,β-unsaturated/α-hetero) is 1. The maximum Gasteiger partial charge on any atom is 0.253 e. The van der Waals surface area contributed by atoms with Crippen LogP contribution < -0.4 is 0 Å². The number of carbonyl (C=O) groups excluding carboxylic acids is 1. The molecule has 5 nitrogen and oxygen atoms in total. The molecular weight excluding hydrogens is 302 g/mol. The summed E-state index contributed by atoms with van der Waals surface area (Å²) in [4.78, 5) is 25.4. The van der Waals surface area contributed by atoms with Gasteiger partial charge in [-0.05, 0) is 56.9 Å². The van der Waals surface area contributed by atoms with E-state index in [9.17, 15) is 4.79 Å². The molecule has 0 saturated heterocycles. The van der Waals surface area contributed by atoms with Crippen LogP contribution in [0.25, 0.3) is 0 Å². The van der Waals surface area contributed by atoms with E-state index >= 15 is 0 Å². The zero-order valence-electron chi connectivity index (χ0n) is 13.8. The second-order valence-corrected chi connectivity index (χ2v) is 5.27. The van der Waals surface area contributed by atoms with Crippen molar-refractivity contribution in [2.24, 2.45) is 5.16 Å². The normalized spacial score (nSPS) is 11.0. The van der Waals surface area contributed by atoms with Crippen molar-refractivity contribution in [1.29, 1.82) is 0 Å². The minimum absolute atomic E-state index is 0.301. The molecule has 0 aromatic carbocycles. The van der Waals surface area contributed by atoms with Gasteiger partial charge < -0.3 is 4.84 Å². The third-order valence-corrected chi connectivity index (χ3v) is 3.30. The molecule has 0 atom stereocenters. The molecular formula is C19H19N3O2. The maximum atomic E-state index is 11.4. The van der Waals surface area contributed by atoms with Crippen molar-refractivity contribution >= 4 is 11.5 Å². The number of aromatic nitrogens is 2. The van der Waals surface area contributed by atoms with Gasteiger partial charge in [0.2, 0.25) is 0 Å². The Morgan fingerprint density at radius 3 is 2.71 bits per heavy atom. The Labute approximate surface area is 141 Å². The highest BCUT2D eigenvalue weighted by Crippen LogP contribution is 2.04. The van der Waals surface area contributed by atoms with Crippen LogP contribution >= 0.6 is 0 Å². The number of rotatable bonds is 7. The number of pyridine rings is 2. The molecule has 0 unspecified atom stereocenters. The van der Waals surface area contributed by atoms with Gasteiger partial charge in [0, 0.05) is 11.4 Å². The number of carbonyl (C=O) groups is 1. The lowest BCUT2D eigenvalue weighted by atomic mass is 10.2. The lowest BCUT2D eigenvalue weighted by Gasteiger charge is -2.04. The molecule has 0 saturated carbocycles. The molecule has 0 fully saturated rings. The molecule has 0 aliphatic rings. The topological polar surface area (TPSA) is 64.4 Å². The molecule has 0 spiro atoms. The lowest BCUT2D eigenvalue weighted by Crippen LogP contribution is -2.03. The van der Waals surface area contributed by atoms with E-state index in [4.69, 9.17) is 11.3 Å². The van der Waals surface area contributed by atoms with Crippen molar-refractivity contribution in [2.45, 2.75) is 26.7 Å². The summed E-state index contributed by atoms with van der Waals surface area (Å²) in [5.41, 5.74) is 3.58. The Morgan fingerprint density at radius 2 is 1.96 bits per heavy atom. The fraction of sp³-hybridized carbons (Fsp3) is 0.263. The summed E-state index contributed by atoms with van der Waals surface area (Å²) < 4.78 is 0. The number of ketones is 1. The fourth-order valence-electron chi connectivity index (χ4n) is 2.07. The first-order valence-corrected chi connectivity index (χ1v) is 7.67. The zero-order valence-corrected chi connectivity index (χ0v) is 13.8. The van der Waals surface area contributed by atoms with Gasteiger partial charge in [0.05, 0.1) is 5.69 Å². The summed E-state index contributed by atoms with van der Waals surface area (Å²) in [5, 5.41) is 4.08. The predicted molar refractivity (Wildman–Crippen MR) is 92.9 cm³/mol. The molecule has 0 N–H and O–H groups in total. The largest absolute Gasteiger partial charge is 0.396 e. The molecule has 122 valence electrons. The van der Waals surface area contributed by atoms with E-state index in [2.05, 4.69) is 21.0 Å². The monoisotopic (exact) mass is 321 g/mol.